The van der Waals surface area contributed by atoms with Crippen LogP contribution in [0.5, 0.6) is 0 Å². The summed E-state index contributed by atoms with van der Waals surface area (Å²) in [5, 5.41) is 0.873. The molecule has 0 radical (unpaired) electrons. The van der Waals surface area contributed by atoms with E-state index in [2.05, 4.69) is 62.1 Å². The summed E-state index contributed by atoms with van der Waals surface area (Å²) in [5.41, 5.74) is 2.59. The van der Waals surface area contributed by atoms with E-state index in [0.29, 0.717) is 0 Å². The van der Waals surface area contributed by atoms with Crippen molar-refractivity contribution in [3.8, 4) is 0 Å². The zero-order chi connectivity index (χ0) is 15.4. The fourth-order valence-corrected chi connectivity index (χ4v) is 3.45. The molecule has 0 aromatic heterocycles. The molecule has 2 aromatic rings. The SMILES string of the molecule is Clc1ccccc1CN1CCN(Cc2ccccc2Br)CC1. The van der Waals surface area contributed by atoms with Crippen molar-refractivity contribution in [2.24, 2.45) is 0 Å². The topological polar surface area (TPSA) is 6.48 Å². The third kappa shape index (κ3) is 4.11. The molecule has 1 saturated heterocycles. The van der Waals surface area contributed by atoms with E-state index in [9.17, 15) is 0 Å². The predicted octanol–water partition coefficient (Wildman–Crippen LogP) is 4.42. The molecule has 0 N–H and O–H groups in total. The summed E-state index contributed by atoms with van der Waals surface area (Å²) >= 11 is 9.89. The van der Waals surface area contributed by atoms with E-state index >= 15 is 0 Å². The van der Waals surface area contributed by atoms with Crippen LogP contribution in [0.2, 0.25) is 5.02 Å². The maximum Gasteiger partial charge on any atom is 0.0451 e. The van der Waals surface area contributed by atoms with Gasteiger partial charge in [-0.05, 0) is 23.3 Å². The monoisotopic (exact) mass is 378 g/mol. The molecule has 4 heteroatoms. The molecule has 0 aliphatic carbocycles. The Morgan fingerprint density at radius 3 is 1.86 bits per heavy atom. The molecule has 2 aromatic carbocycles. The minimum atomic E-state index is 0.873. The summed E-state index contributed by atoms with van der Waals surface area (Å²) in [5.74, 6) is 0. The van der Waals surface area contributed by atoms with Gasteiger partial charge < -0.3 is 0 Å². The van der Waals surface area contributed by atoms with Gasteiger partial charge in [0.25, 0.3) is 0 Å². The number of hydrogen-bond donors (Lipinski definition) is 0. The zero-order valence-electron chi connectivity index (χ0n) is 12.5. The minimum Gasteiger partial charge on any atom is -0.297 e. The summed E-state index contributed by atoms with van der Waals surface area (Å²) in [7, 11) is 0. The van der Waals surface area contributed by atoms with Crippen LogP contribution in [0.15, 0.2) is 53.0 Å². The van der Waals surface area contributed by atoms with Gasteiger partial charge in [-0.1, -0.05) is 63.9 Å². The van der Waals surface area contributed by atoms with Crippen LogP contribution >= 0.6 is 27.5 Å². The standard InChI is InChI=1S/C18H20BrClN2/c19-17-7-3-1-5-15(17)13-21-9-11-22(12-10-21)14-16-6-2-4-8-18(16)20/h1-8H,9-14H2. The molecule has 22 heavy (non-hydrogen) atoms. The van der Waals surface area contributed by atoms with Gasteiger partial charge in [0.2, 0.25) is 0 Å². The van der Waals surface area contributed by atoms with Gasteiger partial charge in [0, 0.05) is 48.8 Å². The largest absolute Gasteiger partial charge is 0.297 e. The molecule has 0 amide bonds. The van der Waals surface area contributed by atoms with Crippen molar-refractivity contribution >= 4 is 27.5 Å². The van der Waals surface area contributed by atoms with Crippen molar-refractivity contribution in [2.45, 2.75) is 13.1 Å². The summed E-state index contributed by atoms with van der Waals surface area (Å²) < 4.78 is 1.20. The van der Waals surface area contributed by atoms with E-state index in [-0.39, 0.29) is 0 Å². The van der Waals surface area contributed by atoms with Crippen molar-refractivity contribution < 1.29 is 0 Å². The highest BCUT2D eigenvalue weighted by Crippen LogP contribution is 2.20. The van der Waals surface area contributed by atoms with E-state index < -0.39 is 0 Å². The highest BCUT2D eigenvalue weighted by atomic mass is 79.9. The van der Waals surface area contributed by atoms with E-state index in [1.54, 1.807) is 0 Å². The smallest absolute Gasteiger partial charge is 0.0451 e. The summed E-state index contributed by atoms with van der Waals surface area (Å²) in [6.45, 7) is 6.35. The number of nitrogens with zero attached hydrogens (tertiary/aromatic N) is 2. The van der Waals surface area contributed by atoms with Crippen LogP contribution in [0.25, 0.3) is 0 Å². The Hall–Kier alpha value is -0.870. The van der Waals surface area contributed by atoms with Crippen LogP contribution in [0.1, 0.15) is 11.1 Å². The molecular weight excluding hydrogens is 360 g/mol. The second-order valence-electron chi connectivity index (χ2n) is 5.74. The second kappa shape index (κ2) is 7.60. The maximum absolute atomic E-state index is 6.25. The molecule has 2 nitrogen and oxygen atoms in total. The number of piperazine rings is 1. The Bertz CT molecular complexity index is 568. The van der Waals surface area contributed by atoms with Crippen LogP contribution in [0.3, 0.4) is 0 Å². The average molecular weight is 380 g/mol. The van der Waals surface area contributed by atoms with Crippen molar-refractivity contribution in [3.05, 3.63) is 69.2 Å². The van der Waals surface area contributed by atoms with Gasteiger partial charge in [-0.2, -0.15) is 0 Å². The molecule has 1 fully saturated rings. The van der Waals surface area contributed by atoms with Gasteiger partial charge in [0.15, 0.2) is 0 Å². The Morgan fingerprint density at radius 2 is 1.27 bits per heavy atom. The van der Waals surface area contributed by atoms with Gasteiger partial charge in [-0.25, -0.2) is 0 Å². The van der Waals surface area contributed by atoms with E-state index in [4.69, 9.17) is 11.6 Å². The number of halogens is 2. The summed E-state index contributed by atoms with van der Waals surface area (Å²) in [6, 6.07) is 16.6. The van der Waals surface area contributed by atoms with Gasteiger partial charge >= 0.3 is 0 Å². The van der Waals surface area contributed by atoms with Gasteiger partial charge in [0.05, 0.1) is 0 Å². The molecule has 1 heterocycles. The first kappa shape index (κ1) is 16.0. The van der Waals surface area contributed by atoms with Crippen molar-refractivity contribution in [3.63, 3.8) is 0 Å². The molecular formula is C18H20BrClN2. The van der Waals surface area contributed by atoms with E-state index in [0.717, 1.165) is 44.3 Å². The van der Waals surface area contributed by atoms with Crippen LogP contribution in [0.4, 0.5) is 0 Å². The second-order valence-corrected chi connectivity index (χ2v) is 7.00. The predicted molar refractivity (Wildman–Crippen MR) is 96.1 cm³/mol. The normalized spacial score (nSPS) is 16.8. The lowest BCUT2D eigenvalue weighted by Gasteiger charge is -2.35. The lowest BCUT2D eigenvalue weighted by Crippen LogP contribution is -2.45. The van der Waals surface area contributed by atoms with Gasteiger partial charge in [-0.15, -0.1) is 0 Å². The molecule has 0 spiro atoms. The maximum atomic E-state index is 6.25. The first-order chi connectivity index (χ1) is 10.7. The number of rotatable bonds is 4. The fraction of sp³-hybridized carbons (Fsp3) is 0.333. The van der Waals surface area contributed by atoms with Crippen molar-refractivity contribution in [1.29, 1.82) is 0 Å². The first-order valence-electron chi connectivity index (χ1n) is 7.64. The van der Waals surface area contributed by atoms with E-state index in [1.807, 2.05) is 12.1 Å². The minimum absolute atomic E-state index is 0.873. The number of hydrogen-bond acceptors (Lipinski definition) is 2. The lowest BCUT2D eigenvalue weighted by atomic mass is 10.1. The Labute approximate surface area is 145 Å². The molecule has 0 saturated carbocycles. The molecule has 3 rings (SSSR count). The summed E-state index contributed by atoms with van der Waals surface area (Å²) in [6.07, 6.45) is 0. The van der Waals surface area contributed by atoms with Crippen molar-refractivity contribution in [2.75, 3.05) is 26.2 Å². The first-order valence-corrected chi connectivity index (χ1v) is 8.81. The molecule has 0 bridgehead atoms. The highest BCUT2D eigenvalue weighted by Gasteiger charge is 2.18. The summed E-state index contributed by atoms with van der Waals surface area (Å²) in [4.78, 5) is 5.00. The van der Waals surface area contributed by atoms with Crippen LogP contribution < -0.4 is 0 Å². The quantitative estimate of drug-likeness (QED) is 0.776. The molecule has 0 atom stereocenters. The van der Waals surface area contributed by atoms with Gasteiger partial charge in [0.1, 0.15) is 0 Å². The molecule has 0 unspecified atom stereocenters. The van der Waals surface area contributed by atoms with Crippen LogP contribution in [-0.2, 0) is 13.1 Å². The fourth-order valence-electron chi connectivity index (χ4n) is 2.84. The van der Waals surface area contributed by atoms with Crippen molar-refractivity contribution in [1.82, 2.24) is 9.80 Å². The Balaban J connectivity index is 1.52. The Kier molecular flexibility index (Phi) is 5.53. The van der Waals surface area contributed by atoms with E-state index in [1.165, 1.54) is 15.6 Å². The molecule has 1 aliphatic rings. The average Bonchev–Trinajstić information content (AvgIpc) is 2.54. The van der Waals surface area contributed by atoms with Crippen LogP contribution in [-0.4, -0.2) is 36.0 Å². The molecule has 116 valence electrons. The Morgan fingerprint density at radius 1 is 0.773 bits per heavy atom. The van der Waals surface area contributed by atoms with Gasteiger partial charge in [-0.3, -0.25) is 9.80 Å². The number of benzene rings is 2. The third-order valence-corrected chi connectivity index (χ3v) is 5.31. The third-order valence-electron chi connectivity index (χ3n) is 4.17. The zero-order valence-corrected chi connectivity index (χ0v) is 14.9. The van der Waals surface area contributed by atoms with Crippen LogP contribution in [0, 0.1) is 0 Å². The lowest BCUT2D eigenvalue weighted by molar-refractivity contribution is 0.122. The molecule has 1 aliphatic heterocycles. The highest BCUT2D eigenvalue weighted by molar-refractivity contribution is 9.10.